The standard InChI is InChI=1S/C8H12N2O3/c1-5-7(12)9-6(3-4-11)10-8(5)13-2/h11H,3-4H2,1-2H3,(H,9,10,12). The topological polar surface area (TPSA) is 75.2 Å². The third kappa shape index (κ3) is 2.06. The van der Waals surface area contributed by atoms with Gasteiger partial charge in [-0.15, -0.1) is 0 Å². The van der Waals surface area contributed by atoms with Crippen LogP contribution in [0.4, 0.5) is 0 Å². The molecule has 13 heavy (non-hydrogen) atoms. The fourth-order valence-electron chi connectivity index (χ4n) is 0.979. The van der Waals surface area contributed by atoms with Gasteiger partial charge in [0, 0.05) is 6.42 Å². The smallest absolute Gasteiger partial charge is 0.257 e. The number of aromatic amines is 1. The minimum absolute atomic E-state index is 0.0465. The van der Waals surface area contributed by atoms with Gasteiger partial charge in [0.25, 0.3) is 5.56 Å². The van der Waals surface area contributed by atoms with E-state index in [1.54, 1.807) is 6.92 Å². The van der Waals surface area contributed by atoms with E-state index < -0.39 is 0 Å². The molecule has 1 rings (SSSR count). The molecule has 1 aromatic heterocycles. The van der Waals surface area contributed by atoms with Crippen LogP contribution in [0.5, 0.6) is 5.88 Å². The SMILES string of the molecule is COc1nc(CCO)[nH]c(=O)c1C. The minimum Gasteiger partial charge on any atom is -0.481 e. The quantitative estimate of drug-likeness (QED) is 0.671. The van der Waals surface area contributed by atoms with Crippen molar-refractivity contribution < 1.29 is 9.84 Å². The van der Waals surface area contributed by atoms with E-state index in [1.165, 1.54) is 7.11 Å². The molecule has 0 amide bonds. The predicted molar refractivity (Wildman–Crippen MR) is 46.9 cm³/mol. The van der Waals surface area contributed by atoms with Crippen molar-refractivity contribution in [3.05, 3.63) is 21.7 Å². The molecule has 0 aliphatic rings. The summed E-state index contributed by atoms with van der Waals surface area (Å²) >= 11 is 0. The summed E-state index contributed by atoms with van der Waals surface area (Å²) < 4.78 is 4.90. The Bertz CT molecular complexity index is 346. The maximum atomic E-state index is 11.2. The minimum atomic E-state index is -0.227. The zero-order valence-electron chi connectivity index (χ0n) is 7.63. The molecule has 72 valence electrons. The number of aromatic nitrogens is 2. The maximum absolute atomic E-state index is 11.2. The van der Waals surface area contributed by atoms with Gasteiger partial charge in [-0.2, -0.15) is 4.98 Å². The number of rotatable bonds is 3. The number of aliphatic hydroxyl groups is 1. The van der Waals surface area contributed by atoms with Crippen LogP contribution in [0.25, 0.3) is 0 Å². The molecular formula is C8H12N2O3. The van der Waals surface area contributed by atoms with Crippen molar-refractivity contribution in [3.8, 4) is 5.88 Å². The zero-order chi connectivity index (χ0) is 9.84. The first-order valence-corrected chi connectivity index (χ1v) is 3.93. The highest BCUT2D eigenvalue weighted by Gasteiger charge is 2.06. The second-order valence-corrected chi connectivity index (χ2v) is 2.62. The van der Waals surface area contributed by atoms with Gasteiger partial charge in [0.2, 0.25) is 5.88 Å². The van der Waals surface area contributed by atoms with Crippen LogP contribution in [0, 0.1) is 6.92 Å². The summed E-state index contributed by atoms with van der Waals surface area (Å²) in [6.45, 7) is 1.59. The summed E-state index contributed by atoms with van der Waals surface area (Å²) in [7, 11) is 1.46. The molecule has 0 fully saturated rings. The average Bonchev–Trinajstić information content (AvgIpc) is 2.11. The van der Waals surface area contributed by atoms with E-state index in [0.29, 0.717) is 23.7 Å². The molecule has 2 N–H and O–H groups in total. The lowest BCUT2D eigenvalue weighted by molar-refractivity contribution is 0.295. The molecule has 0 aliphatic carbocycles. The van der Waals surface area contributed by atoms with Gasteiger partial charge >= 0.3 is 0 Å². The van der Waals surface area contributed by atoms with E-state index in [1.807, 2.05) is 0 Å². The number of nitrogens with one attached hydrogen (secondary N) is 1. The molecule has 0 spiro atoms. The first-order valence-electron chi connectivity index (χ1n) is 3.93. The molecule has 1 aromatic rings. The number of nitrogens with zero attached hydrogens (tertiary/aromatic N) is 1. The average molecular weight is 184 g/mol. The van der Waals surface area contributed by atoms with Crippen LogP contribution in [0.2, 0.25) is 0 Å². The van der Waals surface area contributed by atoms with Gasteiger partial charge in [0.1, 0.15) is 5.82 Å². The predicted octanol–water partition coefficient (Wildman–Crippen LogP) is -0.378. The molecule has 0 atom stereocenters. The van der Waals surface area contributed by atoms with Crippen LogP contribution in [0.1, 0.15) is 11.4 Å². The number of ether oxygens (including phenoxy) is 1. The molecule has 0 aromatic carbocycles. The van der Waals surface area contributed by atoms with E-state index >= 15 is 0 Å². The van der Waals surface area contributed by atoms with Gasteiger partial charge < -0.3 is 14.8 Å². The van der Waals surface area contributed by atoms with Crippen molar-refractivity contribution in [2.45, 2.75) is 13.3 Å². The number of hydrogen-bond acceptors (Lipinski definition) is 4. The zero-order valence-corrected chi connectivity index (χ0v) is 7.63. The lowest BCUT2D eigenvalue weighted by atomic mass is 10.3. The first-order chi connectivity index (χ1) is 6.19. The summed E-state index contributed by atoms with van der Waals surface area (Å²) in [5.74, 6) is 0.752. The second-order valence-electron chi connectivity index (χ2n) is 2.62. The molecule has 0 radical (unpaired) electrons. The Labute approximate surface area is 75.4 Å². The molecule has 5 heteroatoms. The molecular weight excluding hydrogens is 172 g/mol. The van der Waals surface area contributed by atoms with Crippen molar-refractivity contribution in [2.24, 2.45) is 0 Å². The van der Waals surface area contributed by atoms with Crippen LogP contribution in [0.3, 0.4) is 0 Å². The third-order valence-corrected chi connectivity index (χ3v) is 1.70. The van der Waals surface area contributed by atoms with Crippen LogP contribution in [-0.4, -0.2) is 28.8 Å². The molecule has 0 unspecified atom stereocenters. The molecule has 1 heterocycles. The van der Waals surface area contributed by atoms with Gasteiger partial charge in [-0.3, -0.25) is 4.79 Å². The van der Waals surface area contributed by atoms with Crippen molar-refractivity contribution in [3.63, 3.8) is 0 Å². The van der Waals surface area contributed by atoms with Crippen LogP contribution >= 0.6 is 0 Å². The lowest BCUT2D eigenvalue weighted by Crippen LogP contribution is -2.16. The highest BCUT2D eigenvalue weighted by molar-refractivity contribution is 5.21. The Morgan fingerprint density at radius 1 is 1.62 bits per heavy atom. The largest absolute Gasteiger partial charge is 0.481 e. The van der Waals surface area contributed by atoms with Gasteiger partial charge in [0.15, 0.2) is 0 Å². The van der Waals surface area contributed by atoms with Crippen molar-refractivity contribution >= 4 is 0 Å². The third-order valence-electron chi connectivity index (χ3n) is 1.70. The number of hydrogen-bond donors (Lipinski definition) is 2. The van der Waals surface area contributed by atoms with Crippen LogP contribution < -0.4 is 10.3 Å². The fraction of sp³-hybridized carbons (Fsp3) is 0.500. The summed E-state index contributed by atoms with van der Waals surface area (Å²) in [4.78, 5) is 17.8. The first kappa shape index (κ1) is 9.73. The highest BCUT2D eigenvalue weighted by Crippen LogP contribution is 2.07. The van der Waals surface area contributed by atoms with Gasteiger partial charge in [0.05, 0.1) is 19.3 Å². The van der Waals surface area contributed by atoms with Crippen molar-refractivity contribution in [1.29, 1.82) is 0 Å². The van der Waals surface area contributed by atoms with E-state index in [2.05, 4.69) is 9.97 Å². The Kier molecular flexibility index (Phi) is 3.02. The van der Waals surface area contributed by atoms with E-state index in [0.717, 1.165) is 0 Å². The van der Waals surface area contributed by atoms with Crippen LogP contribution in [-0.2, 0) is 6.42 Å². The summed E-state index contributed by atoms with van der Waals surface area (Å²) in [6, 6.07) is 0. The Morgan fingerprint density at radius 3 is 2.85 bits per heavy atom. The van der Waals surface area contributed by atoms with Crippen molar-refractivity contribution in [2.75, 3.05) is 13.7 Å². The van der Waals surface area contributed by atoms with Crippen LogP contribution in [0.15, 0.2) is 4.79 Å². The summed E-state index contributed by atoms with van der Waals surface area (Å²) in [6.07, 6.45) is 0.325. The second kappa shape index (κ2) is 4.04. The molecule has 0 saturated carbocycles. The maximum Gasteiger partial charge on any atom is 0.257 e. The summed E-state index contributed by atoms with van der Waals surface area (Å²) in [5, 5.41) is 8.64. The van der Waals surface area contributed by atoms with E-state index in [-0.39, 0.29) is 12.2 Å². The number of aliphatic hydroxyl groups excluding tert-OH is 1. The highest BCUT2D eigenvalue weighted by atomic mass is 16.5. The Balaban J connectivity index is 3.14. The van der Waals surface area contributed by atoms with Gasteiger partial charge in [-0.25, -0.2) is 0 Å². The normalized spacial score (nSPS) is 10.1. The number of methoxy groups -OCH3 is 1. The van der Waals surface area contributed by atoms with Crippen molar-refractivity contribution in [1.82, 2.24) is 9.97 Å². The van der Waals surface area contributed by atoms with Gasteiger partial charge in [-0.05, 0) is 6.92 Å². The molecule has 0 aliphatic heterocycles. The lowest BCUT2D eigenvalue weighted by Gasteiger charge is -2.04. The Morgan fingerprint density at radius 2 is 2.31 bits per heavy atom. The molecule has 0 bridgehead atoms. The van der Waals surface area contributed by atoms with E-state index in [4.69, 9.17) is 9.84 Å². The van der Waals surface area contributed by atoms with Gasteiger partial charge in [-0.1, -0.05) is 0 Å². The summed E-state index contributed by atoms with van der Waals surface area (Å²) in [5.41, 5.74) is 0.222. The Hall–Kier alpha value is -1.36. The monoisotopic (exact) mass is 184 g/mol. The number of H-pyrrole nitrogens is 1. The fourth-order valence-corrected chi connectivity index (χ4v) is 0.979. The molecule has 5 nitrogen and oxygen atoms in total. The van der Waals surface area contributed by atoms with E-state index in [9.17, 15) is 4.79 Å². The molecule has 0 saturated heterocycles.